The molecule has 0 radical (unpaired) electrons. The monoisotopic (exact) mass is 207 g/mol. The number of nitrogens with two attached hydrogens (primary N) is 1. The first-order valence-electron chi connectivity index (χ1n) is 5.29. The topological polar surface area (TPSA) is 51.4 Å². The number of pyridine rings is 1. The van der Waals surface area contributed by atoms with E-state index < -0.39 is 0 Å². The van der Waals surface area contributed by atoms with Gasteiger partial charge in [0, 0.05) is 25.3 Å². The SMILES string of the molecule is CC(C)Oc1cccnc1N1CC(N)C1. The lowest BCUT2D eigenvalue weighted by molar-refractivity contribution is 0.241. The number of rotatable bonds is 3. The third-order valence-electron chi connectivity index (χ3n) is 2.32. The van der Waals surface area contributed by atoms with Crippen LogP contribution in [0.1, 0.15) is 13.8 Å². The van der Waals surface area contributed by atoms with E-state index in [1.54, 1.807) is 6.20 Å². The van der Waals surface area contributed by atoms with E-state index in [9.17, 15) is 0 Å². The Morgan fingerprint density at radius 1 is 1.53 bits per heavy atom. The highest BCUT2D eigenvalue weighted by atomic mass is 16.5. The van der Waals surface area contributed by atoms with E-state index in [0.717, 1.165) is 24.7 Å². The molecule has 1 saturated heterocycles. The highest BCUT2D eigenvalue weighted by Gasteiger charge is 2.26. The van der Waals surface area contributed by atoms with E-state index >= 15 is 0 Å². The maximum absolute atomic E-state index is 5.75. The van der Waals surface area contributed by atoms with E-state index in [-0.39, 0.29) is 12.1 Å². The van der Waals surface area contributed by atoms with E-state index in [4.69, 9.17) is 10.5 Å². The Kier molecular flexibility index (Phi) is 2.77. The smallest absolute Gasteiger partial charge is 0.171 e. The molecular weight excluding hydrogens is 190 g/mol. The Morgan fingerprint density at radius 2 is 2.27 bits per heavy atom. The van der Waals surface area contributed by atoms with Gasteiger partial charge in [-0.25, -0.2) is 4.98 Å². The first-order valence-corrected chi connectivity index (χ1v) is 5.29. The van der Waals surface area contributed by atoms with Crippen molar-refractivity contribution in [2.75, 3.05) is 18.0 Å². The molecule has 0 spiro atoms. The number of aromatic nitrogens is 1. The summed E-state index contributed by atoms with van der Waals surface area (Å²) in [6.45, 7) is 5.76. The van der Waals surface area contributed by atoms with Crippen molar-refractivity contribution in [1.82, 2.24) is 4.98 Å². The minimum absolute atomic E-state index is 0.169. The van der Waals surface area contributed by atoms with E-state index in [1.807, 2.05) is 26.0 Å². The molecule has 0 aliphatic carbocycles. The maximum atomic E-state index is 5.75. The second-order valence-corrected chi connectivity index (χ2v) is 4.16. The molecule has 0 bridgehead atoms. The van der Waals surface area contributed by atoms with Crippen LogP contribution in [0, 0.1) is 0 Å². The second-order valence-electron chi connectivity index (χ2n) is 4.16. The summed E-state index contributed by atoms with van der Waals surface area (Å²) in [5, 5.41) is 0. The van der Waals surface area contributed by atoms with Crippen molar-refractivity contribution in [1.29, 1.82) is 0 Å². The van der Waals surface area contributed by atoms with Crippen LogP contribution in [-0.4, -0.2) is 30.2 Å². The summed E-state index contributed by atoms with van der Waals surface area (Å²) in [6, 6.07) is 4.12. The van der Waals surface area contributed by atoms with Gasteiger partial charge in [0.1, 0.15) is 0 Å². The molecule has 1 aliphatic heterocycles. The Hall–Kier alpha value is -1.29. The molecule has 0 saturated carbocycles. The maximum Gasteiger partial charge on any atom is 0.171 e. The summed E-state index contributed by atoms with van der Waals surface area (Å²) in [5.41, 5.74) is 5.75. The molecule has 4 nitrogen and oxygen atoms in total. The Bertz CT molecular complexity index is 334. The fourth-order valence-corrected chi connectivity index (χ4v) is 1.65. The third kappa shape index (κ3) is 2.21. The van der Waals surface area contributed by atoms with Crippen LogP contribution in [0.15, 0.2) is 18.3 Å². The lowest BCUT2D eigenvalue weighted by Crippen LogP contribution is -2.56. The predicted octanol–water partition coefficient (Wildman–Crippen LogP) is 1.02. The van der Waals surface area contributed by atoms with Crippen molar-refractivity contribution in [2.45, 2.75) is 26.0 Å². The first-order chi connectivity index (χ1) is 7.16. The molecule has 1 aliphatic rings. The van der Waals surface area contributed by atoms with Crippen LogP contribution in [0.3, 0.4) is 0 Å². The minimum Gasteiger partial charge on any atom is -0.487 e. The van der Waals surface area contributed by atoms with Crippen LogP contribution in [0.4, 0.5) is 5.82 Å². The lowest BCUT2D eigenvalue weighted by Gasteiger charge is -2.38. The average Bonchev–Trinajstić information content (AvgIpc) is 2.13. The zero-order chi connectivity index (χ0) is 10.8. The normalized spacial score (nSPS) is 16.7. The summed E-state index contributed by atoms with van der Waals surface area (Å²) in [4.78, 5) is 6.47. The standard InChI is InChI=1S/C11H17N3O/c1-8(2)15-10-4-3-5-13-11(10)14-6-9(12)7-14/h3-5,8-9H,6-7,12H2,1-2H3. The van der Waals surface area contributed by atoms with Crippen molar-refractivity contribution in [2.24, 2.45) is 5.73 Å². The van der Waals surface area contributed by atoms with Gasteiger partial charge in [-0.2, -0.15) is 0 Å². The first kappa shape index (κ1) is 10.2. The van der Waals surface area contributed by atoms with Gasteiger partial charge in [0.25, 0.3) is 0 Å². The van der Waals surface area contributed by atoms with Crippen LogP contribution >= 0.6 is 0 Å². The van der Waals surface area contributed by atoms with E-state index in [2.05, 4.69) is 9.88 Å². The van der Waals surface area contributed by atoms with Crippen LogP contribution < -0.4 is 15.4 Å². The number of hydrogen-bond donors (Lipinski definition) is 1. The molecule has 0 amide bonds. The van der Waals surface area contributed by atoms with E-state index in [1.165, 1.54) is 0 Å². The lowest BCUT2D eigenvalue weighted by atomic mass is 10.1. The summed E-state index contributed by atoms with van der Waals surface area (Å²) in [5.74, 6) is 1.76. The highest BCUT2D eigenvalue weighted by Crippen LogP contribution is 2.28. The molecule has 4 heteroatoms. The van der Waals surface area contributed by atoms with Crippen molar-refractivity contribution < 1.29 is 4.74 Å². The zero-order valence-electron chi connectivity index (χ0n) is 9.18. The fraction of sp³-hybridized carbons (Fsp3) is 0.545. The second kappa shape index (κ2) is 4.06. The quantitative estimate of drug-likeness (QED) is 0.804. The molecule has 2 heterocycles. The van der Waals surface area contributed by atoms with Crippen molar-refractivity contribution >= 4 is 5.82 Å². The van der Waals surface area contributed by atoms with Gasteiger partial charge in [0.05, 0.1) is 6.10 Å². The minimum atomic E-state index is 0.169. The molecule has 2 N–H and O–H groups in total. The van der Waals surface area contributed by atoms with Crippen molar-refractivity contribution in [3.63, 3.8) is 0 Å². The molecular formula is C11H17N3O. The van der Waals surface area contributed by atoms with Crippen molar-refractivity contribution in [3.8, 4) is 5.75 Å². The Labute approximate surface area is 90.0 Å². The predicted molar refractivity (Wildman–Crippen MR) is 60.2 cm³/mol. The van der Waals surface area contributed by atoms with Gasteiger partial charge >= 0.3 is 0 Å². The van der Waals surface area contributed by atoms with Gasteiger partial charge in [0.15, 0.2) is 11.6 Å². The molecule has 0 unspecified atom stereocenters. The number of hydrogen-bond acceptors (Lipinski definition) is 4. The molecule has 82 valence electrons. The number of anilines is 1. The van der Waals surface area contributed by atoms with Gasteiger partial charge in [-0.05, 0) is 26.0 Å². The van der Waals surface area contributed by atoms with Crippen LogP contribution in [0.5, 0.6) is 5.75 Å². The highest BCUT2D eigenvalue weighted by molar-refractivity contribution is 5.54. The molecule has 1 fully saturated rings. The van der Waals surface area contributed by atoms with E-state index in [0.29, 0.717) is 0 Å². The van der Waals surface area contributed by atoms with Gasteiger partial charge in [-0.1, -0.05) is 0 Å². The molecule has 1 aromatic heterocycles. The summed E-state index contributed by atoms with van der Waals surface area (Å²) in [7, 11) is 0. The van der Waals surface area contributed by atoms with Gasteiger partial charge in [0.2, 0.25) is 0 Å². The third-order valence-corrected chi connectivity index (χ3v) is 2.32. The Morgan fingerprint density at radius 3 is 2.87 bits per heavy atom. The van der Waals surface area contributed by atoms with Gasteiger partial charge in [-0.3, -0.25) is 0 Å². The average molecular weight is 207 g/mol. The van der Waals surface area contributed by atoms with Crippen LogP contribution in [0.25, 0.3) is 0 Å². The summed E-state index contributed by atoms with van der Waals surface area (Å²) >= 11 is 0. The van der Waals surface area contributed by atoms with Gasteiger partial charge < -0.3 is 15.4 Å². The van der Waals surface area contributed by atoms with Crippen molar-refractivity contribution in [3.05, 3.63) is 18.3 Å². The van der Waals surface area contributed by atoms with Crippen LogP contribution in [0.2, 0.25) is 0 Å². The fourth-order valence-electron chi connectivity index (χ4n) is 1.65. The Balaban J connectivity index is 2.15. The largest absolute Gasteiger partial charge is 0.487 e. The molecule has 15 heavy (non-hydrogen) atoms. The summed E-state index contributed by atoms with van der Waals surface area (Å²) < 4.78 is 5.69. The molecule has 0 aromatic carbocycles. The van der Waals surface area contributed by atoms with Gasteiger partial charge in [-0.15, -0.1) is 0 Å². The molecule has 1 aromatic rings. The molecule has 2 rings (SSSR count). The van der Waals surface area contributed by atoms with Crippen LogP contribution in [-0.2, 0) is 0 Å². The number of nitrogens with zero attached hydrogens (tertiary/aromatic N) is 2. The molecule has 0 atom stereocenters. The zero-order valence-corrected chi connectivity index (χ0v) is 9.18. The summed E-state index contributed by atoms with van der Waals surface area (Å²) in [6.07, 6.45) is 1.95. The number of ether oxygens (including phenoxy) is 1.